The van der Waals surface area contributed by atoms with Gasteiger partial charge in [-0.05, 0) is 30.3 Å². The molecule has 0 unspecified atom stereocenters. The fourth-order valence-electron chi connectivity index (χ4n) is 1.48. The van der Waals surface area contributed by atoms with Crippen LogP contribution in [-0.2, 0) is 6.18 Å². The van der Waals surface area contributed by atoms with Crippen LogP contribution in [0.1, 0.15) is 15.9 Å². The number of aromatic nitrogens is 1. The number of halogens is 4. The SMILES string of the molecule is Cl.O=C(Nc1cccc(C(F)(F)F)c1)c1ccncc1. The Morgan fingerprint density at radius 3 is 2.35 bits per heavy atom. The summed E-state index contributed by atoms with van der Waals surface area (Å²) in [5.41, 5.74) is -0.385. The molecule has 1 aromatic heterocycles. The van der Waals surface area contributed by atoms with Gasteiger partial charge in [-0.15, -0.1) is 12.4 Å². The van der Waals surface area contributed by atoms with Crippen molar-refractivity contribution in [1.82, 2.24) is 4.98 Å². The van der Waals surface area contributed by atoms with Crippen molar-refractivity contribution in [3.63, 3.8) is 0 Å². The molecule has 20 heavy (non-hydrogen) atoms. The van der Waals surface area contributed by atoms with Crippen molar-refractivity contribution >= 4 is 24.0 Å². The van der Waals surface area contributed by atoms with Crippen LogP contribution in [0.2, 0.25) is 0 Å². The second kappa shape index (κ2) is 6.38. The number of benzene rings is 1. The second-order valence-corrected chi connectivity index (χ2v) is 3.77. The highest BCUT2D eigenvalue weighted by molar-refractivity contribution is 6.04. The topological polar surface area (TPSA) is 42.0 Å². The fraction of sp³-hybridized carbons (Fsp3) is 0.0769. The monoisotopic (exact) mass is 302 g/mol. The summed E-state index contributed by atoms with van der Waals surface area (Å²) >= 11 is 0. The lowest BCUT2D eigenvalue weighted by molar-refractivity contribution is -0.137. The summed E-state index contributed by atoms with van der Waals surface area (Å²) in [4.78, 5) is 15.5. The molecule has 0 bridgehead atoms. The highest BCUT2D eigenvalue weighted by atomic mass is 35.5. The summed E-state index contributed by atoms with van der Waals surface area (Å²) in [5.74, 6) is -0.485. The molecule has 0 fully saturated rings. The van der Waals surface area contributed by atoms with Gasteiger partial charge in [-0.25, -0.2) is 0 Å². The van der Waals surface area contributed by atoms with E-state index in [0.29, 0.717) is 5.56 Å². The van der Waals surface area contributed by atoms with Gasteiger partial charge < -0.3 is 5.32 Å². The number of nitrogens with zero attached hydrogens (tertiary/aromatic N) is 1. The predicted molar refractivity (Wildman–Crippen MR) is 70.9 cm³/mol. The van der Waals surface area contributed by atoms with Gasteiger partial charge in [-0.1, -0.05) is 6.07 Å². The van der Waals surface area contributed by atoms with Crippen LogP contribution in [0.5, 0.6) is 0 Å². The zero-order valence-electron chi connectivity index (χ0n) is 10.0. The van der Waals surface area contributed by atoms with Crippen molar-refractivity contribution in [2.24, 2.45) is 0 Å². The maximum Gasteiger partial charge on any atom is 0.416 e. The molecular formula is C13H10ClF3N2O. The predicted octanol–water partition coefficient (Wildman–Crippen LogP) is 3.77. The van der Waals surface area contributed by atoms with E-state index in [9.17, 15) is 18.0 Å². The average molecular weight is 303 g/mol. The smallest absolute Gasteiger partial charge is 0.322 e. The first-order valence-electron chi connectivity index (χ1n) is 5.35. The van der Waals surface area contributed by atoms with E-state index < -0.39 is 17.6 Å². The minimum Gasteiger partial charge on any atom is -0.322 e. The molecule has 0 aliphatic rings. The Balaban J connectivity index is 0.00000200. The molecule has 3 nitrogen and oxygen atoms in total. The molecule has 0 atom stereocenters. The van der Waals surface area contributed by atoms with Gasteiger partial charge in [0, 0.05) is 23.6 Å². The van der Waals surface area contributed by atoms with Gasteiger partial charge in [-0.3, -0.25) is 9.78 Å². The van der Waals surface area contributed by atoms with E-state index in [1.807, 2.05) is 0 Å². The summed E-state index contributed by atoms with van der Waals surface area (Å²) in [6, 6.07) is 7.42. The van der Waals surface area contributed by atoms with Crippen molar-refractivity contribution in [2.75, 3.05) is 5.32 Å². The normalized spacial score (nSPS) is 10.6. The third kappa shape index (κ3) is 3.96. The molecule has 2 aromatic rings. The van der Waals surface area contributed by atoms with Gasteiger partial charge in [0.1, 0.15) is 0 Å². The Kier molecular flexibility index (Phi) is 5.10. The van der Waals surface area contributed by atoms with Gasteiger partial charge in [-0.2, -0.15) is 13.2 Å². The Labute approximate surface area is 119 Å². The van der Waals surface area contributed by atoms with Crippen LogP contribution in [0.4, 0.5) is 18.9 Å². The average Bonchev–Trinajstić information content (AvgIpc) is 2.39. The van der Waals surface area contributed by atoms with Crippen LogP contribution in [0, 0.1) is 0 Å². The maximum atomic E-state index is 12.5. The van der Waals surface area contributed by atoms with E-state index in [1.165, 1.54) is 36.7 Å². The molecule has 1 amide bonds. The number of anilines is 1. The van der Waals surface area contributed by atoms with Crippen molar-refractivity contribution in [3.8, 4) is 0 Å². The van der Waals surface area contributed by atoms with E-state index in [1.54, 1.807) is 0 Å². The molecule has 1 heterocycles. The van der Waals surface area contributed by atoms with Gasteiger partial charge in [0.15, 0.2) is 0 Å². The Bertz CT molecular complexity index is 588. The zero-order valence-corrected chi connectivity index (χ0v) is 10.8. The fourth-order valence-corrected chi connectivity index (χ4v) is 1.48. The Morgan fingerprint density at radius 2 is 1.75 bits per heavy atom. The molecule has 0 radical (unpaired) electrons. The largest absolute Gasteiger partial charge is 0.416 e. The van der Waals surface area contributed by atoms with Crippen molar-refractivity contribution in [1.29, 1.82) is 0 Å². The summed E-state index contributed by atoms with van der Waals surface area (Å²) < 4.78 is 37.5. The first-order chi connectivity index (χ1) is 8.97. The van der Waals surface area contributed by atoms with Crippen LogP contribution in [0.15, 0.2) is 48.8 Å². The minimum absolute atomic E-state index is 0. The number of hydrogen-bond acceptors (Lipinski definition) is 2. The number of rotatable bonds is 2. The van der Waals surface area contributed by atoms with E-state index in [-0.39, 0.29) is 18.1 Å². The lowest BCUT2D eigenvalue weighted by Gasteiger charge is -2.09. The van der Waals surface area contributed by atoms with Crippen LogP contribution < -0.4 is 5.32 Å². The summed E-state index contributed by atoms with van der Waals surface area (Å²) in [7, 11) is 0. The molecule has 0 aliphatic carbocycles. The lowest BCUT2D eigenvalue weighted by atomic mass is 10.2. The molecule has 7 heteroatoms. The van der Waals surface area contributed by atoms with Crippen molar-refractivity contribution in [2.45, 2.75) is 6.18 Å². The number of hydrogen-bond donors (Lipinski definition) is 1. The van der Waals surface area contributed by atoms with Crippen LogP contribution >= 0.6 is 12.4 Å². The van der Waals surface area contributed by atoms with Crippen LogP contribution in [0.25, 0.3) is 0 Å². The third-order valence-electron chi connectivity index (χ3n) is 2.39. The van der Waals surface area contributed by atoms with Gasteiger partial charge in [0.25, 0.3) is 5.91 Å². The summed E-state index contributed by atoms with van der Waals surface area (Å²) in [5, 5.41) is 2.40. The number of pyridine rings is 1. The molecule has 0 aliphatic heterocycles. The molecule has 0 spiro atoms. The molecule has 0 saturated carbocycles. The first kappa shape index (κ1) is 16.0. The number of carbonyl (C=O) groups is 1. The number of amides is 1. The number of carbonyl (C=O) groups excluding carboxylic acids is 1. The molecule has 1 aromatic carbocycles. The molecule has 2 rings (SSSR count). The van der Waals surface area contributed by atoms with E-state index in [2.05, 4.69) is 10.3 Å². The molecule has 0 saturated heterocycles. The summed E-state index contributed by atoms with van der Waals surface area (Å²) in [6.45, 7) is 0. The number of nitrogens with one attached hydrogen (secondary N) is 1. The van der Waals surface area contributed by atoms with Crippen molar-refractivity contribution in [3.05, 3.63) is 59.9 Å². The van der Waals surface area contributed by atoms with E-state index >= 15 is 0 Å². The first-order valence-corrected chi connectivity index (χ1v) is 5.35. The van der Waals surface area contributed by atoms with E-state index in [0.717, 1.165) is 12.1 Å². The standard InChI is InChI=1S/C13H9F3N2O.ClH/c14-13(15,16)10-2-1-3-11(8-10)18-12(19)9-4-6-17-7-5-9;/h1-8H,(H,18,19);1H. The van der Waals surface area contributed by atoms with Gasteiger partial charge in [0.05, 0.1) is 5.56 Å². The van der Waals surface area contributed by atoms with E-state index in [4.69, 9.17) is 0 Å². The Hall–Kier alpha value is -2.08. The summed E-state index contributed by atoms with van der Waals surface area (Å²) in [6.07, 6.45) is -1.57. The highest BCUT2D eigenvalue weighted by Gasteiger charge is 2.30. The van der Waals surface area contributed by atoms with Gasteiger partial charge >= 0.3 is 6.18 Å². The molecule has 1 N–H and O–H groups in total. The van der Waals surface area contributed by atoms with Crippen LogP contribution in [0.3, 0.4) is 0 Å². The minimum atomic E-state index is -4.43. The van der Waals surface area contributed by atoms with Crippen LogP contribution in [-0.4, -0.2) is 10.9 Å². The number of alkyl halides is 3. The maximum absolute atomic E-state index is 12.5. The Morgan fingerprint density at radius 1 is 1.10 bits per heavy atom. The quantitative estimate of drug-likeness (QED) is 0.917. The van der Waals surface area contributed by atoms with Crippen molar-refractivity contribution < 1.29 is 18.0 Å². The lowest BCUT2D eigenvalue weighted by Crippen LogP contribution is -2.13. The molecular weight excluding hydrogens is 293 g/mol. The highest BCUT2D eigenvalue weighted by Crippen LogP contribution is 2.30. The molecule has 106 valence electrons. The van der Waals surface area contributed by atoms with Gasteiger partial charge in [0.2, 0.25) is 0 Å². The second-order valence-electron chi connectivity index (χ2n) is 3.77. The third-order valence-corrected chi connectivity index (χ3v) is 2.39. The zero-order chi connectivity index (χ0) is 13.9.